The van der Waals surface area contributed by atoms with Crippen LogP contribution in [0, 0.1) is 0 Å². The van der Waals surface area contributed by atoms with E-state index in [0.29, 0.717) is 15.4 Å². The Kier molecular flexibility index (Phi) is 7.34. The number of carboxylic acid groups (broad SMARTS) is 1. The molecule has 6 atom stereocenters. The first-order valence-corrected chi connectivity index (χ1v) is 10.6. The van der Waals surface area contributed by atoms with Gasteiger partial charge in [-0.15, -0.1) is 0 Å². The Morgan fingerprint density at radius 2 is 2.12 bits per heavy atom. The van der Waals surface area contributed by atoms with Crippen LogP contribution in [0.3, 0.4) is 0 Å². The van der Waals surface area contributed by atoms with Crippen LogP contribution >= 0.6 is 27.5 Å². The van der Waals surface area contributed by atoms with Crippen molar-refractivity contribution in [1.29, 1.82) is 0 Å². The van der Waals surface area contributed by atoms with Gasteiger partial charge < -0.3 is 45.3 Å². The van der Waals surface area contributed by atoms with Crippen LogP contribution in [0.2, 0.25) is 5.02 Å². The summed E-state index contributed by atoms with van der Waals surface area (Å²) in [5.41, 5.74) is 0.536. The third-order valence-corrected chi connectivity index (χ3v) is 6.44. The minimum atomic E-state index is -2.52. The zero-order chi connectivity index (χ0) is 23.8. The topological polar surface area (TPSA) is 182 Å². The SMILES string of the molecule is CC(=O)N[C@H]1[C@H]([C@H](O)[C@H](O)CO)O[C@@](Oc2c[nH]c3ccc(Br)c(Cl)c23)(C(=O)O)C[C@@H]1O. The number of carbonyl (C=O) groups is 2. The number of rotatable bonds is 7. The second kappa shape index (κ2) is 9.51. The molecule has 176 valence electrons. The highest BCUT2D eigenvalue weighted by atomic mass is 79.9. The molecule has 1 saturated heterocycles. The number of fused-ring (bicyclic) bond motifs is 1. The Hall–Kier alpha value is -1.93. The number of carboxylic acids is 1. The summed E-state index contributed by atoms with van der Waals surface area (Å²) in [5.74, 6) is -4.75. The van der Waals surface area contributed by atoms with Crippen LogP contribution in [0.4, 0.5) is 0 Å². The summed E-state index contributed by atoms with van der Waals surface area (Å²) < 4.78 is 11.9. The Bertz CT molecular complexity index is 1020. The predicted molar refractivity (Wildman–Crippen MR) is 114 cm³/mol. The van der Waals surface area contributed by atoms with E-state index in [0.717, 1.165) is 6.92 Å². The number of amides is 1. The minimum absolute atomic E-state index is 0.00479. The Morgan fingerprint density at radius 3 is 2.72 bits per heavy atom. The Balaban J connectivity index is 2.05. The number of aliphatic hydroxyl groups is 4. The number of aromatic nitrogens is 1. The van der Waals surface area contributed by atoms with Gasteiger partial charge in [-0.05, 0) is 28.1 Å². The Labute approximate surface area is 195 Å². The number of carbonyl (C=O) groups excluding carboxylic acids is 1. The molecule has 1 amide bonds. The standard InChI is InChI=1S/C19H22BrClN2O9/c1-7(25)23-15-10(26)4-19(18(29)30,32-17(15)16(28)11(27)6-24)31-12-5-22-9-3-2-8(20)14(21)13(9)12/h2-3,5,10-11,15-17,22,24,26-28H,4,6H2,1H3,(H,23,25)(H,29,30)/t10-,11+,15+,16+,17+,19+/m0/s1. The van der Waals surface area contributed by atoms with Crippen molar-refractivity contribution in [2.45, 2.75) is 49.6 Å². The summed E-state index contributed by atoms with van der Waals surface area (Å²) in [6, 6.07) is 2.07. The molecule has 11 nitrogen and oxygen atoms in total. The first-order chi connectivity index (χ1) is 15.0. The molecule has 0 aliphatic carbocycles. The van der Waals surface area contributed by atoms with Crippen LogP contribution in [0.15, 0.2) is 22.8 Å². The van der Waals surface area contributed by atoms with Gasteiger partial charge in [0, 0.05) is 17.6 Å². The van der Waals surface area contributed by atoms with Gasteiger partial charge in [-0.25, -0.2) is 4.79 Å². The fraction of sp³-hybridized carbons (Fsp3) is 0.474. The number of aromatic amines is 1. The number of hydrogen-bond acceptors (Lipinski definition) is 8. The zero-order valence-electron chi connectivity index (χ0n) is 16.7. The molecule has 0 saturated carbocycles. The highest BCUT2D eigenvalue weighted by Gasteiger charge is 2.57. The molecule has 0 unspecified atom stereocenters. The highest BCUT2D eigenvalue weighted by molar-refractivity contribution is 9.10. The fourth-order valence-corrected chi connectivity index (χ4v) is 4.21. The summed E-state index contributed by atoms with van der Waals surface area (Å²) in [6.07, 6.45) is -6.09. The summed E-state index contributed by atoms with van der Waals surface area (Å²) in [6.45, 7) is 0.275. The lowest BCUT2D eigenvalue weighted by molar-refractivity contribution is -0.284. The van der Waals surface area contributed by atoms with Crippen LogP contribution in [-0.4, -0.2) is 85.2 Å². The van der Waals surface area contributed by atoms with Crippen LogP contribution in [0.1, 0.15) is 13.3 Å². The molecule has 2 aromatic rings. The monoisotopic (exact) mass is 536 g/mol. The molecule has 3 rings (SSSR count). The van der Waals surface area contributed by atoms with E-state index < -0.39 is 61.1 Å². The molecule has 0 spiro atoms. The third-order valence-electron chi connectivity index (χ3n) is 5.16. The van der Waals surface area contributed by atoms with Gasteiger partial charge >= 0.3 is 11.8 Å². The van der Waals surface area contributed by atoms with Crippen molar-refractivity contribution in [3.05, 3.63) is 27.8 Å². The largest absolute Gasteiger partial charge is 0.476 e. The highest BCUT2D eigenvalue weighted by Crippen LogP contribution is 2.41. The fourth-order valence-electron chi connectivity index (χ4n) is 3.62. The molecule has 32 heavy (non-hydrogen) atoms. The van der Waals surface area contributed by atoms with Crippen LogP contribution in [0.25, 0.3) is 10.9 Å². The molecule has 1 aromatic heterocycles. The molecule has 2 heterocycles. The van der Waals surface area contributed by atoms with E-state index >= 15 is 0 Å². The molecule has 1 fully saturated rings. The lowest BCUT2D eigenvalue weighted by Gasteiger charge is -2.46. The molecule has 1 aliphatic rings. The van der Waals surface area contributed by atoms with Crippen molar-refractivity contribution in [2.75, 3.05) is 6.61 Å². The maximum Gasteiger partial charge on any atom is 0.377 e. The number of halogens is 2. The number of aliphatic hydroxyl groups excluding tert-OH is 4. The summed E-state index contributed by atoms with van der Waals surface area (Å²) in [4.78, 5) is 26.8. The van der Waals surface area contributed by atoms with Gasteiger partial charge in [0.15, 0.2) is 5.75 Å². The van der Waals surface area contributed by atoms with Crippen molar-refractivity contribution >= 4 is 50.3 Å². The van der Waals surface area contributed by atoms with Crippen molar-refractivity contribution in [2.24, 2.45) is 0 Å². The number of aliphatic carboxylic acids is 1. The lowest BCUT2D eigenvalue weighted by atomic mass is 9.88. The average Bonchev–Trinajstić information content (AvgIpc) is 3.14. The van der Waals surface area contributed by atoms with E-state index in [1.807, 2.05) is 0 Å². The number of hydrogen-bond donors (Lipinski definition) is 7. The molecular weight excluding hydrogens is 516 g/mol. The quantitative estimate of drug-likeness (QED) is 0.258. The second-order valence-electron chi connectivity index (χ2n) is 7.42. The lowest BCUT2D eigenvalue weighted by Crippen LogP contribution is -2.68. The number of H-pyrrole nitrogens is 1. The van der Waals surface area contributed by atoms with Crippen molar-refractivity contribution in [3.8, 4) is 5.75 Å². The van der Waals surface area contributed by atoms with E-state index in [9.17, 15) is 35.1 Å². The zero-order valence-corrected chi connectivity index (χ0v) is 19.0. The molecule has 0 bridgehead atoms. The first kappa shape index (κ1) is 24.7. The van der Waals surface area contributed by atoms with Gasteiger partial charge in [-0.3, -0.25) is 4.79 Å². The first-order valence-electron chi connectivity index (χ1n) is 9.48. The van der Waals surface area contributed by atoms with Gasteiger partial charge in [-0.1, -0.05) is 11.6 Å². The smallest absolute Gasteiger partial charge is 0.377 e. The van der Waals surface area contributed by atoms with Gasteiger partial charge in [0.05, 0.1) is 41.1 Å². The third kappa shape index (κ3) is 4.57. The Morgan fingerprint density at radius 1 is 1.44 bits per heavy atom. The van der Waals surface area contributed by atoms with Gasteiger partial charge in [0.1, 0.15) is 18.3 Å². The normalized spacial score (nSPS) is 27.7. The van der Waals surface area contributed by atoms with Crippen LogP contribution < -0.4 is 10.1 Å². The van der Waals surface area contributed by atoms with E-state index in [-0.39, 0.29) is 10.8 Å². The number of nitrogens with one attached hydrogen (secondary N) is 2. The van der Waals surface area contributed by atoms with E-state index in [1.54, 1.807) is 12.1 Å². The number of ether oxygens (including phenoxy) is 2. The van der Waals surface area contributed by atoms with E-state index in [1.165, 1.54) is 6.20 Å². The molecule has 1 aliphatic heterocycles. The maximum absolute atomic E-state index is 12.3. The molecule has 0 radical (unpaired) electrons. The van der Waals surface area contributed by atoms with Gasteiger partial charge in [0.25, 0.3) is 0 Å². The van der Waals surface area contributed by atoms with Crippen LogP contribution in [-0.2, 0) is 14.3 Å². The molecular formula is C19H22BrClN2O9. The summed E-state index contributed by atoms with van der Waals surface area (Å²) >= 11 is 9.61. The van der Waals surface area contributed by atoms with E-state index in [2.05, 4.69) is 26.2 Å². The average molecular weight is 538 g/mol. The van der Waals surface area contributed by atoms with E-state index in [4.69, 9.17) is 21.1 Å². The summed E-state index contributed by atoms with van der Waals surface area (Å²) in [7, 11) is 0. The second-order valence-corrected chi connectivity index (χ2v) is 8.65. The predicted octanol–water partition coefficient (Wildman–Crippen LogP) is 0.112. The minimum Gasteiger partial charge on any atom is -0.476 e. The van der Waals surface area contributed by atoms with Crippen molar-refractivity contribution in [3.63, 3.8) is 0 Å². The molecule has 7 N–H and O–H groups in total. The maximum atomic E-state index is 12.3. The summed E-state index contributed by atoms with van der Waals surface area (Å²) in [5, 5.41) is 53.2. The van der Waals surface area contributed by atoms with Crippen molar-refractivity contribution in [1.82, 2.24) is 10.3 Å². The van der Waals surface area contributed by atoms with Gasteiger partial charge in [-0.2, -0.15) is 0 Å². The van der Waals surface area contributed by atoms with Crippen LogP contribution in [0.5, 0.6) is 5.75 Å². The molecule has 1 aromatic carbocycles. The van der Waals surface area contributed by atoms with Crippen molar-refractivity contribution < 1.29 is 44.6 Å². The van der Waals surface area contributed by atoms with Gasteiger partial charge in [0.2, 0.25) is 5.91 Å². The number of benzene rings is 1. The molecule has 13 heteroatoms.